The van der Waals surface area contributed by atoms with Gasteiger partial charge in [-0.15, -0.1) is 0 Å². The lowest BCUT2D eigenvalue weighted by Crippen LogP contribution is -2.42. The van der Waals surface area contributed by atoms with Crippen LogP contribution in [0.5, 0.6) is 0 Å². The average molecular weight is 308 g/mol. The van der Waals surface area contributed by atoms with Gasteiger partial charge >= 0.3 is 5.97 Å². The van der Waals surface area contributed by atoms with E-state index in [9.17, 15) is 14.7 Å². The van der Waals surface area contributed by atoms with Crippen LogP contribution in [0, 0.1) is 11.8 Å². The van der Waals surface area contributed by atoms with Gasteiger partial charge in [0, 0.05) is 11.6 Å². The summed E-state index contributed by atoms with van der Waals surface area (Å²) < 4.78 is 5.48. The van der Waals surface area contributed by atoms with Gasteiger partial charge in [0.2, 0.25) is 5.91 Å². The van der Waals surface area contributed by atoms with Crippen molar-refractivity contribution < 1.29 is 19.4 Å². The van der Waals surface area contributed by atoms with Crippen LogP contribution in [0.2, 0.25) is 5.02 Å². The molecule has 0 saturated carbocycles. The Hall–Kier alpha value is -1.85. The van der Waals surface area contributed by atoms with Gasteiger partial charge in [-0.3, -0.25) is 9.59 Å². The lowest BCUT2D eigenvalue weighted by molar-refractivity contribution is -0.146. The van der Waals surface area contributed by atoms with Gasteiger partial charge in [0.1, 0.15) is 5.92 Å². The fraction of sp³-hybridized carbons (Fsp3) is 0.333. The summed E-state index contributed by atoms with van der Waals surface area (Å²) in [6.07, 6.45) is 2.53. The van der Waals surface area contributed by atoms with Crippen molar-refractivity contribution in [2.24, 2.45) is 11.8 Å². The Labute approximate surface area is 126 Å². The molecule has 2 aliphatic rings. The summed E-state index contributed by atoms with van der Waals surface area (Å²) >= 11 is 5.80. The number of carbonyl (C=O) groups excluding carboxylic acids is 1. The molecule has 1 aromatic rings. The second-order valence-electron chi connectivity index (χ2n) is 5.18. The third kappa shape index (κ3) is 2.66. The van der Waals surface area contributed by atoms with Crippen molar-refractivity contribution >= 4 is 23.5 Å². The molecule has 21 heavy (non-hydrogen) atoms. The first-order valence-corrected chi connectivity index (χ1v) is 7.03. The number of carboxylic acid groups (broad SMARTS) is 1. The summed E-state index contributed by atoms with van der Waals surface area (Å²) in [7, 11) is 0. The molecule has 2 aliphatic heterocycles. The highest BCUT2D eigenvalue weighted by Crippen LogP contribution is 2.39. The molecule has 0 radical (unpaired) electrons. The summed E-state index contributed by atoms with van der Waals surface area (Å²) in [4.78, 5) is 23.6. The number of fused-ring (bicyclic) bond motifs is 2. The first-order valence-electron chi connectivity index (χ1n) is 6.65. The molecular weight excluding hydrogens is 294 g/mol. The third-order valence-electron chi connectivity index (χ3n) is 3.87. The normalized spacial score (nSPS) is 29.6. The van der Waals surface area contributed by atoms with Gasteiger partial charge in [-0.25, -0.2) is 0 Å². The molecule has 0 aliphatic carbocycles. The molecule has 110 valence electrons. The number of nitrogens with one attached hydrogen (secondary N) is 1. The van der Waals surface area contributed by atoms with E-state index >= 15 is 0 Å². The van der Waals surface area contributed by atoms with Gasteiger partial charge in [-0.05, 0) is 17.7 Å². The number of benzene rings is 1. The molecule has 6 heteroatoms. The number of amides is 1. The summed E-state index contributed by atoms with van der Waals surface area (Å²) in [5.74, 6) is -2.79. The molecule has 1 fully saturated rings. The quantitative estimate of drug-likeness (QED) is 0.829. The zero-order valence-corrected chi connectivity index (χ0v) is 11.8. The highest BCUT2D eigenvalue weighted by molar-refractivity contribution is 6.30. The van der Waals surface area contributed by atoms with Crippen molar-refractivity contribution in [2.75, 3.05) is 0 Å². The average Bonchev–Trinajstić information content (AvgIpc) is 3.06. The second kappa shape index (κ2) is 5.50. The molecule has 1 aromatic carbocycles. The van der Waals surface area contributed by atoms with E-state index in [2.05, 4.69) is 5.32 Å². The maximum atomic E-state index is 12.3. The molecule has 2 bridgehead atoms. The highest BCUT2D eigenvalue weighted by Gasteiger charge is 2.53. The minimum absolute atomic E-state index is 0.297. The topological polar surface area (TPSA) is 75.6 Å². The van der Waals surface area contributed by atoms with E-state index in [-0.39, 0.29) is 5.91 Å². The molecule has 4 atom stereocenters. The fourth-order valence-electron chi connectivity index (χ4n) is 2.82. The molecular formula is C15H14ClNO4. The van der Waals surface area contributed by atoms with Gasteiger partial charge in [0.05, 0.1) is 18.1 Å². The molecule has 3 rings (SSSR count). The van der Waals surface area contributed by atoms with E-state index in [4.69, 9.17) is 16.3 Å². The van der Waals surface area contributed by atoms with Crippen LogP contribution in [-0.2, 0) is 20.9 Å². The number of aliphatic carboxylic acids is 1. The predicted molar refractivity (Wildman–Crippen MR) is 75.7 cm³/mol. The standard InChI is InChI=1S/C15H14ClNO4/c16-9-3-1-8(2-4-9)7-17-14(18)12-10-5-6-11(21-10)13(12)15(19)20/h1-6,10-13H,7H2,(H,17,18)(H,19,20)/t10-,11-,12+,13-/m1/s1. The zero-order valence-electron chi connectivity index (χ0n) is 11.0. The Balaban J connectivity index is 1.66. The maximum Gasteiger partial charge on any atom is 0.310 e. The lowest BCUT2D eigenvalue weighted by Gasteiger charge is -2.21. The van der Waals surface area contributed by atoms with Gasteiger partial charge in [-0.2, -0.15) is 0 Å². The number of ether oxygens (including phenoxy) is 1. The van der Waals surface area contributed by atoms with Crippen LogP contribution in [0.25, 0.3) is 0 Å². The number of halogens is 1. The summed E-state index contributed by atoms with van der Waals surface area (Å²) in [5, 5.41) is 12.7. The SMILES string of the molecule is O=C(NCc1ccc(Cl)cc1)[C@@H]1[C@H](C(=O)O)[C@H]2C=C[C@H]1O2. The summed E-state index contributed by atoms with van der Waals surface area (Å²) in [6, 6.07) is 7.11. The van der Waals surface area contributed by atoms with E-state index in [0.717, 1.165) is 5.56 Å². The largest absolute Gasteiger partial charge is 0.481 e. The molecule has 1 saturated heterocycles. The molecule has 2 N–H and O–H groups in total. The van der Waals surface area contributed by atoms with Gasteiger partial charge < -0.3 is 15.2 Å². The molecule has 0 unspecified atom stereocenters. The first-order chi connectivity index (χ1) is 10.1. The molecule has 0 spiro atoms. The smallest absolute Gasteiger partial charge is 0.310 e. The lowest BCUT2D eigenvalue weighted by atomic mass is 9.82. The van der Waals surface area contributed by atoms with Crippen molar-refractivity contribution in [3.05, 3.63) is 47.0 Å². The Morgan fingerprint density at radius 1 is 1.14 bits per heavy atom. The molecule has 5 nitrogen and oxygen atoms in total. The minimum Gasteiger partial charge on any atom is -0.481 e. The summed E-state index contributed by atoms with van der Waals surface area (Å²) in [5.41, 5.74) is 0.902. The van der Waals surface area contributed by atoms with Crippen LogP contribution in [0.1, 0.15) is 5.56 Å². The van der Waals surface area contributed by atoms with E-state index in [0.29, 0.717) is 11.6 Å². The van der Waals surface area contributed by atoms with Gasteiger partial charge in [0.25, 0.3) is 0 Å². The van der Waals surface area contributed by atoms with Crippen LogP contribution in [0.3, 0.4) is 0 Å². The van der Waals surface area contributed by atoms with Crippen LogP contribution in [-0.4, -0.2) is 29.2 Å². The van der Waals surface area contributed by atoms with Crippen LogP contribution >= 0.6 is 11.6 Å². The Morgan fingerprint density at radius 3 is 2.38 bits per heavy atom. The van der Waals surface area contributed by atoms with Crippen LogP contribution < -0.4 is 5.32 Å². The van der Waals surface area contributed by atoms with Crippen molar-refractivity contribution in [3.8, 4) is 0 Å². The molecule has 1 amide bonds. The van der Waals surface area contributed by atoms with Crippen LogP contribution in [0.15, 0.2) is 36.4 Å². The predicted octanol–water partition coefficient (Wildman–Crippen LogP) is 1.61. The van der Waals surface area contributed by atoms with E-state index in [1.165, 1.54) is 0 Å². The molecule has 0 aromatic heterocycles. The first kappa shape index (κ1) is 14.1. The number of carbonyl (C=O) groups is 2. The van der Waals surface area contributed by atoms with Gasteiger partial charge in [-0.1, -0.05) is 35.9 Å². The van der Waals surface area contributed by atoms with Crippen molar-refractivity contribution in [3.63, 3.8) is 0 Å². The monoisotopic (exact) mass is 307 g/mol. The fourth-order valence-corrected chi connectivity index (χ4v) is 2.95. The number of carboxylic acids is 1. The van der Waals surface area contributed by atoms with E-state index in [1.54, 1.807) is 24.3 Å². The Morgan fingerprint density at radius 2 is 1.76 bits per heavy atom. The van der Waals surface area contributed by atoms with Gasteiger partial charge in [0.15, 0.2) is 0 Å². The zero-order chi connectivity index (χ0) is 15.0. The maximum absolute atomic E-state index is 12.3. The Kier molecular flexibility index (Phi) is 3.69. The third-order valence-corrected chi connectivity index (χ3v) is 4.12. The second-order valence-corrected chi connectivity index (χ2v) is 5.62. The van der Waals surface area contributed by atoms with Crippen molar-refractivity contribution in [2.45, 2.75) is 18.8 Å². The Bertz CT molecular complexity index is 598. The molecule has 2 heterocycles. The van der Waals surface area contributed by atoms with E-state index < -0.39 is 30.0 Å². The van der Waals surface area contributed by atoms with Crippen molar-refractivity contribution in [1.29, 1.82) is 0 Å². The van der Waals surface area contributed by atoms with Crippen LogP contribution in [0.4, 0.5) is 0 Å². The van der Waals surface area contributed by atoms with E-state index in [1.807, 2.05) is 12.1 Å². The number of hydrogen-bond donors (Lipinski definition) is 2. The van der Waals surface area contributed by atoms with Crippen molar-refractivity contribution in [1.82, 2.24) is 5.32 Å². The summed E-state index contributed by atoms with van der Waals surface area (Å²) in [6.45, 7) is 0.333. The minimum atomic E-state index is -1.00. The highest BCUT2D eigenvalue weighted by atomic mass is 35.5. The number of hydrogen-bond acceptors (Lipinski definition) is 3. The number of rotatable bonds is 4.